The highest BCUT2D eigenvalue weighted by molar-refractivity contribution is 5.97. The predicted octanol–water partition coefficient (Wildman–Crippen LogP) is 1.76. The summed E-state index contributed by atoms with van der Waals surface area (Å²) in [6, 6.07) is 3.91. The summed E-state index contributed by atoms with van der Waals surface area (Å²) in [6.07, 6.45) is -0.374. The molecule has 10 heteroatoms. The summed E-state index contributed by atoms with van der Waals surface area (Å²) < 4.78 is 44.6. The van der Waals surface area contributed by atoms with Crippen LogP contribution in [0.2, 0.25) is 0 Å². The Morgan fingerprint density at radius 2 is 1.83 bits per heavy atom. The molecule has 0 amide bonds. The maximum Gasteiger partial charge on any atom is 0.201 e. The molecule has 0 saturated carbocycles. The van der Waals surface area contributed by atoms with E-state index in [0.717, 1.165) is 46.9 Å². The number of aromatic nitrogens is 2. The van der Waals surface area contributed by atoms with Crippen molar-refractivity contribution >= 4 is 28.4 Å². The second kappa shape index (κ2) is 7.06. The number of pyridine rings is 2. The number of ketones is 2. The minimum atomic E-state index is -1.33. The molecule has 3 aromatic rings. The van der Waals surface area contributed by atoms with E-state index in [9.17, 15) is 32.7 Å². The van der Waals surface area contributed by atoms with Gasteiger partial charge >= 0.3 is 0 Å². The average molecular weight is 417 g/mol. The van der Waals surface area contributed by atoms with Crippen LogP contribution in [0.3, 0.4) is 0 Å². The summed E-state index contributed by atoms with van der Waals surface area (Å²) in [7, 11) is 0. The monoisotopic (exact) mass is 417 g/mol. The van der Waals surface area contributed by atoms with Crippen LogP contribution in [0.5, 0.6) is 0 Å². The number of aliphatic hydroxyl groups is 1. The summed E-state index contributed by atoms with van der Waals surface area (Å²) >= 11 is 0. The van der Waals surface area contributed by atoms with Gasteiger partial charge in [-0.2, -0.15) is 0 Å². The van der Waals surface area contributed by atoms with Gasteiger partial charge in [0.2, 0.25) is 5.43 Å². The van der Waals surface area contributed by atoms with Crippen LogP contribution in [0, 0.1) is 17.5 Å². The molecule has 0 unspecified atom stereocenters. The molecule has 1 aromatic carbocycles. The number of hydrogen-bond acceptors (Lipinski definition) is 6. The maximum atomic E-state index is 14.8. The van der Waals surface area contributed by atoms with Crippen molar-refractivity contribution in [1.82, 2.24) is 9.55 Å². The topological polar surface area (TPSA) is 92.5 Å². The van der Waals surface area contributed by atoms with E-state index in [0.29, 0.717) is 0 Å². The molecule has 7 nitrogen and oxygen atoms in total. The third-order valence-corrected chi connectivity index (χ3v) is 4.88. The lowest BCUT2D eigenvalue weighted by Crippen LogP contribution is -2.25. The van der Waals surface area contributed by atoms with Gasteiger partial charge < -0.3 is 10.0 Å². The van der Waals surface area contributed by atoms with Crippen molar-refractivity contribution in [2.24, 2.45) is 0 Å². The third kappa shape index (κ3) is 3.05. The SMILES string of the molecule is CC(=O)c1cn(-c2c(F)cccc2F)c2nc(N3CC(=O)[C@H](O)C3)c(F)cc2c1=O. The first kappa shape index (κ1) is 19.8. The first-order valence-electron chi connectivity index (χ1n) is 8.86. The van der Waals surface area contributed by atoms with E-state index in [1.165, 1.54) is 0 Å². The summed E-state index contributed by atoms with van der Waals surface area (Å²) in [5.74, 6) is -4.55. The van der Waals surface area contributed by atoms with Crippen LogP contribution >= 0.6 is 0 Å². The zero-order chi connectivity index (χ0) is 21.7. The lowest BCUT2D eigenvalue weighted by atomic mass is 10.1. The fourth-order valence-corrected chi connectivity index (χ4v) is 3.41. The van der Waals surface area contributed by atoms with Gasteiger partial charge in [-0.15, -0.1) is 0 Å². The van der Waals surface area contributed by atoms with Gasteiger partial charge in [0.15, 0.2) is 28.8 Å². The van der Waals surface area contributed by atoms with Gasteiger partial charge in [-0.3, -0.25) is 19.0 Å². The van der Waals surface area contributed by atoms with Crippen LogP contribution in [0.15, 0.2) is 35.3 Å². The Morgan fingerprint density at radius 1 is 1.17 bits per heavy atom. The molecule has 0 aliphatic carbocycles. The molecule has 2 aromatic heterocycles. The number of para-hydroxylation sites is 1. The van der Waals surface area contributed by atoms with Crippen molar-refractivity contribution in [2.75, 3.05) is 18.0 Å². The number of nitrogens with zero attached hydrogens (tertiary/aromatic N) is 3. The minimum absolute atomic E-state index is 0.224. The lowest BCUT2D eigenvalue weighted by Gasteiger charge is -2.19. The quantitative estimate of drug-likeness (QED) is 0.653. The van der Waals surface area contributed by atoms with Crippen molar-refractivity contribution in [1.29, 1.82) is 0 Å². The Labute approximate surface area is 167 Å². The van der Waals surface area contributed by atoms with Gasteiger partial charge in [-0.1, -0.05) is 6.07 Å². The molecule has 1 aliphatic rings. The van der Waals surface area contributed by atoms with Gasteiger partial charge in [0.05, 0.1) is 24.0 Å². The number of aliphatic hydroxyl groups excluding tert-OH is 1. The highest BCUT2D eigenvalue weighted by Crippen LogP contribution is 2.27. The number of Topliss-reactive ketones (excluding diaryl/α,β-unsaturated/α-hetero) is 2. The highest BCUT2D eigenvalue weighted by Gasteiger charge is 2.32. The first-order chi connectivity index (χ1) is 14.2. The van der Waals surface area contributed by atoms with Crippen LogP contribution in [0.4, 0.5) is 19.0 Å². The van der Waals surface area contributed by atoms with Crippen LogP contribution in [0.25, 0.3) is 16.7 Å². The number of rotatable bonds is 3. The van der Waals surface area contributed by atoms with Crippen LogP contribution in [0.1, 0.15) is 17.3 Å². The Bertz CT molecular complexity index is 1270. The summed E-state index contributed by atoms with van der Waals surface area (Å²) in [5, 5.41) is 9.28. The fourth-order valence-electron chi connectivity index (χ4n) is 3.41. The number of fused-ring (bicyclic) bond motifs is 1. The molecular weight excluding hydrogens is 403 g/mol. The number of β-amino-alcohol motifs (C(OH)–C–C–N with tert-alkyl or cyclic N) is 1. The number of carbonyl (C=O) groups excluding carboxylic acids is 2. The van der Waals surface area contributed by atoms with Crippen LogP contribution < -0.4 is 10.3 Å². The number of hydrogen-bond donors (Lipinski definition) is 1. The molecule has 0 bridgehead atoms. The Kier molecular flexibility index (Phi) is 4.65. The van der Waals surface area contributed by atoms with E-state index < -0.39 is 51.8 Å². The highest BCUT2D eigenvalue weighted by atomic mass is 19.1. The van der Waals surface area contributed by atoms with Crippen molar-refractivity contribution in [3.63, 3.8) is 0 Å². The van der Waals surface area contributed by atoms with Crippen LogP contribution in [-0.2, 0) is 4.79 Å². The standard InChI is InChI=1S/C20H14F3N3O4/c1-9(27)11-6-26(17-12(21)3-2-4-13(17)22)19-10(18(11)30)5-14(23)20(24-19)25-7-15(28)16(29)8-25/h2-6,15,28H,7-8H2,1H3/t15-/m1/s1. The molecule has 1 saturated heterocycles. The zero-order valence-corrected chi connectivity index (χ0v) is 15.5. The number of benzene rings is 1. The summed E-state index contributed by atoms with van der Waals surface area (Å²) in [6.45, 7) is 0.554. The van der Waals surface area contributed by atoms with E-state index in [2.05, 4.69) is 4.98 Å². The third-order valence-electron chi connectivity index (χ3n) is 4.88. The van der Waals surface area contributed by atoms with E-state index in [1.807, 2.05) is 0 Å². The Balaban J connectivity index is 2.08. The molecule has 1 N–H and O–H groups in total. The normalized spacial score (nSPS) is 16.5. The number of halogens is 3. The van der Waals surface area contributed by atoms with Crippen molar-refractivity contribution < 1.29 is 27.9 Å². The second-order valence-electron chi connectivity index (χ2n) is 6.90. The number of carbonyl (C=O) groups is 2. The van der Waals surface area contributed by atoms with E-state index >= 15 is 0 Å². The fraction of sp³-hybridized carbons (Fsp3) is 0.200. The maximum absolute atomic E-state index is 14.8. The predicted molar refractivity (Wildman–Crippen MR) is 100 cm³/mol. The zero-order valence-electron chi connectivity index (χ0n) is 15.5. The van der Waals surface area contributed by atoms with Gasteiger partial charge in [0.1, 0.15) is 23.4 Å². The molecule has 3 heterocycles. The summed E-state index contributed by atoms with van der Waals surface area (Å²) in [5.41, 5.74) is -2.15. The molecule has 1 fully saturated rings. The first-order valence-corrected chi connectivity index (χ1v) is 8.86. The number of anilines is 1. The molecular formula is C20H14F3N3O4. The molecule has 154 valence electrons. The van der Waals surface area contributed by atoms with E-state index in [4.69, 9.17) is 0 Å². The molecule has 30 heavy (non-hydrogen) atoms. The molecule has 0 radical (unpaired) electrons. The van der Waals surface area contributed by atoms with Gasteiger partial charge in [0, 0.05) is 6.20 Å². The second-order valence-corrected chi connectivity index (χ2v) is 6.90. The van der Waals surface area contributed by atoms with Gasteiger partial charge in [-0.05, 0) is 25.1 Å². The smallest absolute Gasteiger partial charge is 0.201 e. The largest absolute Gasteiger partial charge is 0.383 e. The summed E-state index contributed by atoms with van der Waals surface area (Å²) in [4.78, 5) is 41.4. The molecule has 4 rings (SSSR count). The van der Waals surface area contributed by atoms with E-state index in [1.54, 1.807) is 0 Å². The lowest BCUT2D eigenvalue weighted by molar-refractivity contribution is -0.122. The van der Waals surface area contributed by atoms with Gasteiger partial charge in [-0.25, -0.2) is 18.2 Å². The Morgan fingerprint density at radius 3 is 2.40 bits per heavy atom. The van der Waals surface area contributed by atoms with Gasteiger partial charge in [0.25, 0.3) is 0 Å². The van der Waals surface area contributed by atoms with Crippen molar-refractivity contribution in [3.8, 4) is 5.69 Å². The molecule has 1 aliphatic heterocycles. The average Bonchev–Trinajstić information content (AvgIpc) is 3.01. The molecule has 0 spiro atoms. The van der Waals surface area contributed by atoms with E-state index in [-0.39, 0.29) is 29.9 Å². The molecule has 1 atom stereocenters. The van der Waals surface area contributed by atoms with Crippen LogP contribution in [-0.4, -0.2) is 45.4 Å². The van der Waals surface area contributed by atoms with Crippen molar-refractivity contribution in [2.45, 2.75) is 13.0 Å². The van der Waals surface area contributed by atoms with Crippen molar-refractivity contribution in [3.05, 3.63) is 63.7 Å². The minimum Gasteiger partial charge on any atom is -0.383 e. The Hall–Kier alpha value is -3.53.